The average Bonchev–Trinajstić information content (AvgIpc) is 3.29. The van der Waals surface area contributed by atoms with Gasteiger partial charge in [-0.2, -0.15) is 5.26 Å². The van der Waals surface area contributed by atoms with Crippen LogP contribution in [-0.2, 0) is 4.79 Å². The van der Waals surface area contributed by atoms with E-state index in [9.17, 15) is 4.79 Å². The molecule has 0 unspecified atom stereocenters. The van der Waals surface area contributed by atoms with Crippen LogP contribution in [-0.4, -0.2) is 42.7 Å². The molecule has 1 aliphatic heterocycles. The number of likely N-dealkylation sites (N-methyl/N-ethyl adjacent to an activating group) is 1. The highest BCUT2D eigenvalue weighted by Crippen LogP contribution is 2.28. The molecule has 7 nitrogen and oxygen atoms in total. The lowest BCUT2D eigenvalue weighted by molar-refractivity contribution is -0.121. The maximum absolute atomic E-state index is 12.6. The highest BCUT2D eigenvalue weighted by molar-refractivity contribution is 5.96. The summed E-state index contributed by atoms with van der Waals surface area (Å²) < 4.78 is 10.6. The number of methoxy groups -OCH3 is 1. The number of hydrogen-bond acceptors (Lipinski definition) is 6. The molecule has 1 atom stereocenters. The molecule has 0 spiro atoms. The summed E-state index contributed by atoms with van der Waals surface area (Å²) in [5, 5.41) is 13.1. The van der Waals surface area contributed by atoms with Crippen LogP contribution in [0.25, 0.3) is 11.3 Å². The molecular weight excluding hydrogens is 308 g/mol. The van der Waals surface area contributed by atoms with Crippen LogP contribution in [0.2, 0.25) is 0 Å². The Morgan fingerprint density at radius 3 is 3.08 bits per heavy atom. The topological polar surface area (TPSA) is 82.6 Å². The summed E-state index contributed by atoms with van der Waals surface area (Å²) in [4.78, 5) is 15.5. The molecule has 2 aromatic rings. The Morgan fingerprint density at radius 1 is 1.50 bits per heavy atom. The van der Waals surface area contributed by atoms with Gasteiger partial charge in [0, 0.05) is 25.2 Å². The normalized spacial score (nSPS) is 16.7. The molecule has 0 bridgehead atoms. The molecule has 0 radical (unpaired) electrons. The van der Waals surface area contributed by atoms with Gasteiger partial charge in [-0.1, -0.05) is 17.3 Å². The second-order valence-corrected chi connectivity index (χ2v) is 5.63. The van der Waals surface area contributed by atoms with E-state index in [-0.39, 0.29) is 5.91 Å². The lowest BCUT2D eigenvalue weighted by Crippen LogP contribution is -2.42. The smallest absolute Gasteiger partial charge is 0.251 e. The highest BCUT2D eigenvalue weighted by atomic mass is 16.5. The number of amides is 1. The highest BCUT2D eigenvalue weighted by Gasteiger charge is 2.33. The molecule has 124 valence electrons. The van der Waals surface area contributed by atoms with Crippen molar-refractivity contribution in [1.82, 2.24) is 10.1 Å². The van der Waals surface area contributed by atoms with Gasteiger partial charge in [0.2, 0.25) is 0 Å². The van der Waals surface area contributed by atoms with Crippen molar-refractivity contribution in [3.05, 3.63) is 30.3 Å². The van der Waals surface area contributed by atoms with Crippen molar-refractivity contribution in [2.45, 2.75) is 18.9 Å². The van der Waals surface area contributed by atoms with Crippen molar-refractivity contribution < 1.29 is 14.1 Å². The molecule has 1 aromatic heterocycles. The fourth-order valence-electron chi connectivity index (χ4n) is 2.82. The predicted octanol–water partition coefficient (Wildman–Crippen LogP) is 2.26. The Bertz CT molecular complexity index is 780. The Balaban J connectivity index is 1.79. The molecule has 3 rings (SSSR count). The molecule has 1 fully saturated rings. The number of nitriles is 1. The minimum atomic E-state index is -0.419. The number of anilines is 1. The summed E-state index contributed by atoms with van der Waals surface area (Å²) in [7, 11) is 3.24. The van der Waals surface area contributed by atoms with Gasteiger partial charge in [0.1, 0.15) is 11.8 Å². The minimum Gasteiger partial charge on any atom is -0.497 e. The van der Waals surface area contributed by atoms with Crippen LogP contribution in [0.15, 0.2) is 34.9 Å². The molecule has 1 aliphatic rings. The quantitative estimate of drug-likeness (QED) is 0.802. The van der Waals surface area contributed by atoms with E-state index in [0.717, 1.165) is 12.0 Å². The second kappa shape index (κ2) is 6.62. The van der Waals surface area contributed by atoms with E-state index in [0.29, 0.717) is 30.3 Å². The first kappa shape index (κ1) is 15.9. The number of carbonyl (C=O) groups is 1. The van der Waals surface area contributed by atoms with Crippen LogP contribution in [0.3, 0.4) is 0 Å². The van der Waals surface area contributed by atoms with Gasteiger partial charge in [-0.15, -0.1) is 0 Å². The SMILES string of the molecule is COc1cccc(-c2cc(N(C)C(=O)[C@@H]3CCCN3C#N)no2)c1. The molecule has 1 amide bonds. The van der Waals surface area contributed by atoms with Gasteiger partial charge < -0.3 is 9.26 Å². The van der Waals surface area contributed by atoms with Gasteiger partial charge in [-0.3, -0.25) is 14.6 Å². The minimum absolute atomic E-state index is 0.153. The number of carbonyl (C=O) groups excluding carboxylic acids is 1. The summed E-state index contributed by atoms with van der Waals surface area (Å²) in [5.74, 6) is 1.53. The van der Waals surface area contributed by atoms with E-state index >= 15 is 0 Å². The number of nitrogens with zero attached hydrogens (tertiary/aromatic N) is 4. The first-order chi connectivity index (χ1) is 11.6. The van der Waals surface area contributed by atoms with Crippen molar-refractivity contribution in [1.29, 1.82) is 5.26 Å². The number of hydrogen-bond donors (Lipinski definition) is 0. The molecule has 1 saturated heterocycles. The maximum atomic E-state index is 12.6. The molecular formula is C17H18N4O3. The standard InChI is InChI=1S/C17H18N4O3/c1-20(17(22)14-7-4-8-21(14)11-18)16-10-15(24-19-16)12-5-3-6-13(9-12)23-2/h3,5-6,9-10,14H,4,7-8H2,1-2H3/t14-/m0/s1. The number of benzene rings is 1. The third-order valence-electron chi connectivity index (χ3n) is 4.19. The van der Waals surface area contributed by atoms with Crippen LogP contribution in [0.1, 0.15) is 12.8 Å². The molecule has 0 aliphatic carbocycles. The van der Waals surface area contributed by atoms with Crippen LogP contribution in [0.5, 0.6) is 5.75 Å². The molecule has 1 aromatic carbocycles. The van der Waals surface area contributed by atoms with Gasteiger partial charge in [0.05, 0.1) is 7.11 Å². The molecule has 24 heavy (non-hydrogen) atoms. The zero-order valence-corrected chi connectivity index (χ0v) is 13.6. The predicted molar refractivity (Wildman–Crippen MR) is 87.2 cm³/mol. The largest absolute Gasteiger partial charge is 0.497 e. The number of ether oxygens (including phenoxy) is 1. The molecule has 7 heteroatoms. The Hall–Kier alpha value is -3.01. The van der Waals surface area contributed by atoms with E-state index < -0.39 is 6.04 Å². The van der Waals surface area contributed by atoms with Crippen molar-refractivity contribution in [3.8, 4) is 23.3 Å². The molecule has 0 N–H and O–H groups in total. The average molecular weight is 326 g/mol. The zero-order chi connectivity index (χ0) is 17.1. The van der Waals surface area contributed by atoms with Gasteiger partial charge in [0.15, 0.2) is 17.8 Å². The zero-order valence-electron chi connectivity index (χ0n) is 13.6. The number of likely N-dealkylation sites (tertiary alicyclic amines) is 1. The van der Waals surface area contributed by atoms with Gasteiger partial charge >= 0.3 is 0 Å². The van der Waals surface area contributed by atoms with E-state index in [4.69, 9.17) is 14.5 Å². The first-order valence-corrected chi connectivity index (χ1v) is 7.69. The summed E-state index contributed by atoms with van der Waals surface area (Å²) in [6.07, 6.45) is 3.59. The second-order valence-electron chi connectivity index (χ2n) is 5.63. The third kappa shape index (κ3) is 2.91. The van der Waals surface area contributed by atoms with Crippen molar-refractivity contribution in [2.24, 2.45) is 0 Å². The van der Waals surface area contributed by atoms with Crippen molar-refractivity contribution in [3.63, 3.8) is 0 Å². The number of rotatable bonds is 4. The fraction of sp³-hybridized carbons (Fsp3) is 0.353. The van der Waals surface area contributed by atoms with E-state index in [1.165, 1.54) is 9.80 Å². The fourth-order valence-corrected chi connectivity index (χ4v) is 2.82. The summed E-state index contributed by atoms with van der Waals surface area (Å²) in [5.41, 5.74) is 0.813. The van der Waals surface area contributed by atoms with Crippen LogP contribution < -0.4 is 9.64 Å². The maximum Gasteiger partial charge on any atom is 0.251 e. The number of aromatic nitrogens is 1. The van der Waals surface area contributed by atoms with Crippen molar-refractivity contribution >= 4 is 11.7 Å². The Kier molecular flexibility index (Phi) is 4.38. The van der Waals surface area contributed by atoms with E-state index in [2.05, 4.69) is 11.3 Å². The van der Waals surface area contributed by atoms with Crippen LogP contribution in [0.4, 0.5) is 5.82 Å². The monoisotopic (exact) mass is 326 g/mol. The molecule has 0 saturated carbocycles. The van der Waals surface area contributed by atoms with Gasteiger partial charge in [-0.05, 0) is 25.0 Å². The van der Waals surface area contributed by atoms with Crippen LogP contribution >= 0.6 is 0 Å². The van der Waals surface area contributed by atoms with Crippen molar-refractivity contribution in [2.75, 3.05) is 25.6 Å². The summed E-state index contributed by atoms with van der Waals surface area (Å²) >= 11 is 0. The van der Waals surface area contributed by atoms with Crippen LogP contribution in [0, 0.1) is 11.5 Å². The Morgan fingerprint density at radius 2 is 2.33 bits per heavy atom. The molecule has 2 heterocycles. The lowest BCUT2D eigenvalue weighted by atomic mass is 10.1. The summed E-state index contributed by atoms with van der Waals surface area (Å²) in [6, 6.07) is 8.70. The van der Waals surface area contributed by atoms with Gasteiger partial charge in [0.25, 0.3) is 5.91 Å². The van der Waals surface area contributed by atoms with Gasteiger partial charge in [-0.25, -0.2) is 0 Å². The summed E-state index contributed by atoms with van der Waals surface area (Å²) in [6.45, 7) is 0.620. The first-order valence-electron chi connectivity index (χ1n) is 7.69. The van der Waals surface area contributed by atoms with E-state index in [1.807, 2.05) is 24.3 Å². The van der Waals surface area contributed by atoms with E-state index in [1.54, 1.807) is 20.2 Å². The lowest BCUT2D eigenvalue weighted by Gasteiger charge is -2.22. The third-order valence-corrected chi connectivity index (χ3v) is 4.19. The Labute approximate surface area is 140 Å².